The van der Waals surface area contributed by atoms with Gasteiger partial charge in [0.15, 0.2) is 0 Å². The lowest BCUT2D eigenvalue weighted by molar-refractivity contribution is -0.226. The molecule has 0 bridgehead atoms. The molecule has 3 nitrogen and oxygen atoms in total. The predicted molar refractivity (Wildman–Crippen MR) is 91.8 cm³/mol. The van der Waals surface area contributed by atoms with Crippen LogP contribution in [0.15, 0.2) is 24.3 Å². The quantitative estimate of drug-likeness (QED) is 0.650. The molecular formula is C20H32O3. The van der Waals surface area contributed by atoms with Crippen molar-refractivity contribution in [2.24, 2.45) is 22.2 Å². The highest BCUT2D eigenvalue weighted by Crippen LogP contribution is 2.65. The fourth-order valence-electron chi connectivity index (χ4n) is 5.98. The third-order valence-corrected chi connectivity index (χ3v) is 7.61. The summed E-state index contributed by atoms with van der Waals surface area (Å²) in [5.74, 6) is 0.198. The van der Waals surface area contributed by atoms with Gasteiger partial charge in [0.05, 0.1) is 12.2 Å². The Morgan fingerprint density at radius 3 is 2.39 bits per heavy atom. The van der Waals surface area contributed by atoms with Crippen molar-refractivity contribution in [2.45, 2.75) is 77.6 Å². The lowest BCUT2D eigenvalue weighted by Gasteiger charge is -2.65. The molecule has 0 spiro atoms. The Hall–Kier alpha value is -0.640. The number of aliphatic hydroxyl groups excluding tert-OH is 2. The number of allylic oxidation sites excluding steroid dienone is 2. The van der Waals surface area contributed by atoms with Crippen LogP contribution in [0.2, 0.25) is 0 Å². The van der Waals surface area contributed by atoms with Gasteiger partial charge in [-0.15, -0.1) is 6.58 Å². The zero-order valence-electron chi connectivity index (χ0n) is 15.0. The van der Waals surface area contributed by atoms with Gasteiger partial charge in [0.2, 0.25) is 0 Å². The normalized spacial score (nSPS) is 52.1. The lowest BCUT2D eigenvalue weighted by Crippen LogP contribution is -2.68. The van der Waals surface area contributed by atoms with Gasteiger partial charge in [0.1, 0.15) is 5.60 Å². The first-order chi connectivity index (χ1) is 10.5. The van der Waals surface area contributed by atoms with E-state index in [4.69, 9.17) is 0 Å². The topological polar surface area (TPSA) is 60.7 Å². The maximum Gasteiger partial charge on any atom is 0.117 e. The molecule has 2 saturated carbocycles. The van der Waals surface area contributed by atoms with Crippen LogP contribution >= 0.6 is 0 Å². The van der Waals surface area contributed by atoms with Crippen LogP contribution in [-0.4, -0.2) is 33.1 Å². The molecule has 0 heterocycles. The summed E-state index contributed by atoms with van der Waals surface area (Å²) in [6.45, 7) is 12.3. The Labute approximate surface area is 140 Å². The number of rotatable bonds is 1. The van der Waals surface area contributed by atoms with Crippen LogP contribution < -0.4 is 0 Å². The third kappa shape index (κ3) is 2.06. The SMILES string of the molecule is C=CC1(C)C=C2CCC3C(C)(C)C(O)CCC3(C)C2(O)C(O)C1. The number of hydrogen-bond donors (Lipinski definition) is 3. The molecule has 3 aliphatic rings. The second-order valence-corrected chi connectivity index (χ2v) is 9.25. The van der Waals surface area contributed by atoms with Crippen molar-refractivity contribution in [1.29, 1.82) is 0 Å². The van der Waals surface area contributed by atoms with E-state index in [1.807, 2.05) is 6.08 Å². The van der Waals surface area contributed by atoms with Gasteiger partial charge < -0.3 is 15.3 Å². The summed E-state index contributed by atoms with van der Waals surface area (Å²) in [5.41, 5.74) is -1.11. The Kier molecular flexibility index (Phi) is 3.69. The van der Waals surface area contributed by atoms with E-state index < -0.39 is 17.1 Å². The molecule has 6 unspecified atom stereocenters. The van der Waals surface area contributed by atoms with Crippen LogP contribution in [0.3, 0.4) is 0 Å². The van der Waals surface area contributed by atoms with Crippen molar-refractivity contribution in [3.63, 3.8) is 0 Å². The Balaban J connectivity index is 2.12. The average Bonchev–Trinajstić information content (AvgIpc) is 2.47. The molecule has 0 aromatic rings. The average molecular weight is 320 g/mol. The maximum atomic E-state index is 11.7. The maximum absolute atomic E-state index is 11.7. The monoisotopic (exact) mass is 320 g/mol. The van der Waals surface area contributed by atoms with E-state index in [0.29, 0.717) is 12.8 Å². The van der Waals surface area contributed by atoms with Crippen molar-refractivity contribution in [3.05, 3.63) is 24.3 Å². The fraction of sp³-hybridized carbons (Fsp3) is 0.800. The molecule has 23 heavy (non-hydrogen) atoms. The molecule has 3 aliphatic carbocycles. The summed E-state index contributed by atoms with van der Waals surface area (Å²) in [7, 11) is 0. The molecule has 3 heteroatoms. The van der Waals surface area contributed by atoms with Gasteiger partial charge in [0.25, 0.3) is 0 Å². The molecule has 130 valence electrons. The van der Waals surface area contributed by atoms with E-state index in [1.165, 1.54) is 0 Å². The molecule has 3 N–H and O–H groups in total. The molecule has 2 fully saturated rings. The largest absolute Gasteiger partial charge is 0.393 e. The molecule has 0 aromatic heterocycles. The van der Waals surface area contributed by atoms with E-state index in [9.17, 15) is 15.3 Å². The van der Waals surface area contributed by atoms with Crippen molar-refractivity contribution >= 4 is 0 Å². The molecule has 0 radical (unpaired) electrons. The highest BCUT2D eigenvalue weighted by atomic mass is 16.3. The van der Waals surface area contributed by atoms with Crippen molar-refractivity contribution in [2.75, 3.05) is 0 Å². The van der Waals surface area contributed by atoms with E-state index in [2.05, 4.69) is 40.3 Å². The first-order valence-electron chi connectivity index (χ1n) is 8.95. The summed E-state index contributed by atoms with van der Waals surface area (Å²) >= 11 is 0. The summed E-state index contributed by atoms with van der Waals surface area (Å²) in [6.07, 6.45) is 6.57. The van der Waals surface area contributed by atoms with Crippen LogP contribution in [0.25, 0.3) is 0 Å². The van der Waals surface area contributed by atoms with Crippen molar-refractivity contribution in [1.82, 2.24) is 0 Å². The molecule has 0 aliphatic heterocycles. The summed E-state index contributed by atoms with van der Waals surface area (Å²) in [6, 6.07) is 0. The second-order valence-electron chi connectivity index (χ2n) is 9.25. The van der Waals surface area contributed by atoms with Gasteiger partial charge >= 0.3 is 0 Å². The minimum atomic E-state index is -1.18. The van der Waals surface area contributed by atoms with Gasteiger partial charge in [-0.1, -0.05) is 39.8 Å². The van der Waals surface area contributed by atoms with Gasteiger partial charge in [-0.05, 0) is 49.0 Å². The molecule has 6 atom stereocenters. The Morgan fingerprint density at radius 2 is 1.78 bits per heavy atom. The Morgan fingerprint density at radius 1 is 1.13 bits per heavy atom. The van der Waals surface area contributed by atoms with E-state index >= 15 is 0 Å². The van der Waals surface area contributed by atoms with Gasteiger partial charge in [-0.25, -0.2) is 0 Å². The minimum absolute atomic E-state index is 0.198. The first-order valence-corrected chi connectivity index (χ1v) is 8.95. The predicted octanol–water partition coefficient (Wildman–Crippen LogP) is 3.20. The number of aliphatic hydroxyl groups is 3. The van der Waals surface area contributed by atoms with E-state index in [-0.39, 0.29) is 22.9 Å². The van der Waals surface area contributed by atoms with Crippen LogP contribution in [0.1, 0.15) is 59.8 Å². The molecular weight excluding hydrogens is 288 g/mol. The summed E-state index contributed by atoms with van der Waals surface area (Å²) < 4.78 is 0. The molecule has 3 rings (SSSR count). The summed E-state index contributed by atoms with van der Waals surface area (Å²) in [4.78, 5) is 0. The third-order valence-electron chi connectivity index (χ3n) is 7.61. The highest BCUT2D eigenvalue weighted by molar-refractivity contribution is 5.36. The second kappa shape index (κ2) is 4.93. The van der Waals surface area contributed by atoms with Gasteiger partial charge in [0, 0.05) is 10.8 Å². The van der Waals surface area contributed by atoms with Gasteiger partial charge in [-0.3, -0.25) is 0 Å². The van der Waals surface area contributed by atoms with Crippen molar-refractivity contribution in [3.8, 4) is 0 Å². The number of hydrogen-bond acceptors (Lipinski definition) is 3. The molecule has 0 aromatic carbocycles. The molecule has 0 saturated heterocycles. The highest BCUT2D eigenvalue weighted by Gasteiger charge is 2.66. The zero-order valence-corrected chi connectivity index (χ0v) is 15.0. The van der Waals surface area contributed by atoms with Gasteiger partial charge in [-0.2, -0.15) is 0 Å². The molecule has 0 amide bonds. The minimum Gasteiger partial charge on any atom is -0.393 e. The van der Waals surface area contributed by atoms with E-state index in [0.717, 1.165) is 24.8 Å². The van der Waals surface area contributed by atoms with Crippen LogP contribution in [0, 0.1) is 22.2 Å². The smallest absolute Gasteiger partial charge is 0.117 e. The van der Waals surface area contributed by atoms with Crippen LogP contribution in [-0.2, 0) is 0 Å². The summed E-state index contributed by atoms with van der Waals surface area (Å²) in [5, 5.41) is 33.2. The van der Waals surface area contributed by atoms with Crippen molar-refractivity contribution < 1.29 is 15.3 Å². The number of fused-ring (bicyclic) bond motifs is 3. The van der Waals surface area contributed by atoms with E-state index in [1.54, 1.807) is 0 Å². The zero-order chi connectivity index (χ0) is 17.3. The Bertz CT molecular complexity index is 551. The first kappa shape index (κ1) is 17.2. The standard InChI is InChI=1S/C20H32O3/c1-6-18(4)11-13-7-8-14-17(2,3)15(21)9-10-19(14,5)20(13,23)16(22)12-18/h6,11,14-16,21-23H,1,7-10,12H2,2-5H3. The van der Waals surface area contributed by atoms with Crippen LogP contribution in [0.4, 0.5) is 0 Å². The van der Waals surface area contributed by atoms with Crippen LogP contribution in [0.5, 0.6) is 0 Å². The lowest BCUT2D eigenvalue weighted by atomic mass is 9.42. The fourth-order valence-corrected chi connectivity index (χ4v) is 5.98.